The van der Waals surface area contributed by atoms with Crippen molar-refractivity contribution in [3.05, 3.63) is 16.1 Å². The number of aromatic nitrogens is 1. The molecule has 0 radical (unpaired) electrons. The molecule has 0 aliphatic heterocycles. The van der Waals surface area contributed by atoms with Gasteiger partial charge in [0.15, 0.2) is 5.96 Å². The molecule has 0 aliphatic rings. The summed E-state index contributed by atoms with van der Waals surface area (Å²) in [6.07, 6.45) is 1.82. The van der Waals surface area contributed by atoms with Gasteiger partial charge in [0.25, 0.3) is 5.91 Å². The minimum Gasteiger partial charge on any atom is -0.396 e. The van der Waals surface area contributed by atoms with Gasteiger partial charge in [-0.15, -0.1) is 35.3 Å². The molecule has 1 heterocycles. The molecule has 1 rings (SSSR count). The van der Waals surface area contributed by atoms with Crippen molar-refractivity contribution in [2.45, 2.75) is 40.5 Å². The first-order valence-electron chi connectivity index (χ1n) is 9.29. The highest BCUT2D eigenvalue weighted by atomic mass is 127. The van der Waals surface area contributed by atoms with Crippen molar-refractivity contribution in [3.8, 4) is 0 Å². The molecule has 0 bridgehead atoms. The lowest BCUT2D eigenvalue weighted by Gasteiger charge is -2.17. The predicted octanol–water partition coefficient (Wildman–Crippen LogP) is 2.40. The molecule has 0 saturated heterocycles. The number of hydrogen-bond acceptors (Lipinski definition) is 5. The van der Waals surface area contributed by atoms with Gasteiger partial charge in [-0.05, 0) is 38.5 Å². The van der Waals surface area contributed by atoms with Crippen LogP contribution in [-0.2, 0) is 0 Å². The van der Waals surface area contributed by atoms with E-state index in [2.05, 4.69) is 39.8 Å². The Balaban J connectivity index is 0.00000676. The molecule has 1 aromatic heterocycles. The molecular formula is C18H34IN5O2S. The molecule has 0 aliphatic carbocycles. The second-order valence-corrected chi connectivity index (χ2v) is 7.53. The third kappa shape index (κ3) is 10.8. The molecular weight excluding hydrogens is 477 g/mol. The number of guanidine groups is 1. The van der Waals surface area contributed by atoms with Crippen molar-refractivity contribution in [1.29, 1.82) is 0 Å². The Kier molecular flexibility index (Phi) is 14.5. The van der Waals surface area contributed by atoms with Crippen LogP contribution in [0.15, 0.2) is 10.5 Å². The molecule has 0 aromatic carbocycles. The van der Waals surface area contributed by atoms with E-state index in [0.29, 0.717) is 36.3 Å². The topological polar surface area (TPSA) is 98.6 Å². The minimum absolute atomic E-state index is 0. The molecule has 27 heavy (non-hydrogen) atoms. The summed E-state index contributed by atoms with van der Waals surface area (Å²) in [7, 11) is 0. The van der Waals surface area contributed by atoms with E-state index < -0.39 is 0 Å². The van der Waals surface area contributed by atoms with Crippen LogP contribution in [-0.4, -0.2) is 54.7 Å². The second-order valence-electron chi connectivity index (χ2n) is 6.68. The van der Waals surface area contributed by atoms with Gasteiger partial charge in [-0.2, -0.15) is 0 Å². The van der Waals surface area contributed by atoms with Crippen LogP contribution in [0.2, 0.25) is 0 Å². The molecule has 1 unspecified atom stereocenters. The summed E-state index contributed by atoms with van der Waals surface area (Å²) in [4.78, 5) is 21.4. The molecule has 1 aromatic rings. The van der Waals surface area contributed by atoms with Gasteiger partial charge in [-0.3, -0.25) is 9.79 Å². The average Bonchev–Trinajstić information content (AvgIpc) is 3.01. The first-order chi connectivity index (χ1) is 12.5. The number of hydrogen-bond donors (Lipinski definition) is 4. The monoisotopic (exact) mass is 511 g/mol. The SMILES string of the molecule is CCNC(=NCC(CCO)CC(C)C)NCCNC(=O)c1scnc1C.I. The zero-order chi connectivity index (χ0) is 19.4. The highest BCUT2D eigenvalue weighted by Crippen LogP contribution is 2.15. The third-order valence-electron chi connectivity index (χ3n) is 3.85. The number of nitrogens with one attached hydrogen (secondary N) is 3. The van der Waals surface area contributed by atoms with Gasteiger partial charge in [0.2, 0.25) is 0 Å². The Morgan fingerprint density at radius 2 is 2.00 bits per heavy atom. The minimum atomic E-state index is -0.0892. The van der Waals surface area contributed by atoms with Crippen molar-refractivity contribution in [1.82, 2.24) is 20.9 Å². The van der Waals surface area contributed by atoms with E-state index in [0.717, 1.165) is 31.0 Å². The number of aliphatic imine (C=N–C) groups is 1. The van der Waals surface area contributed by atoms with Crippen LogP contribution in [0, 0.1) is 18.8 Å². The molecule has 0 fully saturated rings. The first-order valence-corrected chi connectivity index (χ1v) is 10.2. The summed E-state index contributed by atoms with van der Waals surface area (Å²) >= 11 is 1.35. The van der Waals surface area contributed by atoms with Gasteiger partial charge in [-0.1, -0.05) is 13.8 Å². The first kappa shape index (κ1) is 26.1. The molecule has 0 saturated carbocycles. The number of rotatable bonds is 11. The molecule has 7 nitrogen and oxygen atoms in total. The van der Waals surface area contributed by atoms with E-state index in [-0.39, 0.29) is 36.5 Å². The van der Waals surface area contributed by atoms with Crippen LogP contribution < -0.4 is 16.0 Å². The van der Waals surface area contributed by atoms with Gasteiger partial charge in [0.1, 0.15) is 4.88 Å². The fourth-order valence-corrected chi connectivity index (χ4v) is 3.37. The van der Waals surface area contributed by atoms with Crippen molar-refractivity contribution in [2.24, 2.45) is 16.8 Å². The lowest BCUT2D eigenvalue weighted by atomic mass is 9.94. The fourth-order valence-electron chi connectivity index (χ4n) is 2.65. The molecule has 4 N–H and O–H groups in total. The molecule has 1 amide bonds. The van der Waals surface area contributed by atoms with Gasteiger partial charge in [-0.25, -0.2) is 4.98 Å². The summed E-state index contributed by atoms with van der Waals surface area (Å²) in [6, 6.07) is 0. The number of aliphatic hydroxyl groups excluding tert-OH is 1. The van der Waals surface area contributed by atoms with E-state index in [1.165, 1.54) is 11.3 Å². The largest absolute Gasteiger partial charge is 0.396 e. The standard InChI is InChI=1S/C18H33N5O2S.HI/c1-5-19-18(22-11-15(6-9-24)10-13(2)3)21-8-7-20-17(25)16-14(4)23-12-26-16;/h12-13,15,24H,5-11H2,1-4H3,(H,20,25)(H2,19,21,22);1H. The number of thiazole rings is 1. The van der Waals surface area contributed by atoms with E-state index in [1.54, 1.807) is 5.51 Å². The lowest BCUT2D eigenvalue weighted by Crippen LogP contribution is -2.41. The van der Waals surface area contributed by atoms with Gasteiger partial charge in [0, 0.05) is 32.8 Å². The highest BCUT2D eigenvalue weighted by molar-refractivity contribution is 14.0. The number of aliphatic hydroxyl groups is 1. The van der Waals surface area contributed by atoms with E-state index >= 15 is 0 Å². The molecule has 1 atom stereocenters. The molecule has 0 spiro atoms. The molecule has 156 valence electrons. The van der Waals surface area contributed by atoms with E-state index in [1.807, 2.05) is 13.8 Å². The van der Waals surface area contributed by atoms with Crippen LogP contribution in [0.25, 0.3) is 0 Å². The maximum absolute atomic E-state index is 12.0. The van der Waals surface area contributed by atoms with Crippen molar-refractivity contribution in [2.75, 3.05) is 32.8 Å². The summed E-state index contributed by atoms with van der Waals surface area (Å²) < 4.78 is 0. The van der Waals surface area contributed by atoms with Crippen LogP contribution in [0.1, 0.15) is 49.0 Å². The summed E-state index contributed by atoms with van der Waals surface area (Å²) in [5.74, 6) is 1.61. The number of amides is 1. The van der Waals surface area contributed by atoms with Gasteiger partial charge < -0.3 is 21.1 Å². The maximum atomic E-state index is 12.0. The van der Waals surface area contributed by atoms with Crippen LogP contribution in [0.3, 0.4) is 0 Å². The second kappa shape index (κ2) is 15.0. The smallest absolute Gasteiger partial charge is 0.263 e. The zero-order valence-corrected chi connectivity index (χ0v) is 19.9. The normalized spacial score (nSPS) is 12.4. The quantitative estimate of drug-likeness (QED) is 0.158. The van der Waals surface area contributed by atoms with E-state index in [4.69, 9.17) is 0 Å². The Labute approximate surface area is 183 Å². The maximum Gasteiger partial charge on any atom is 0.263 e. The third-order valence-corrected chi connectivity index (χ3v) is 4.78. The Morgan fingerprint density at radius 1 is 1.30 bits per heavy atom. The predicted molar refractivity (Wildman–Crippen MR) is 123 cm³/mol. The van der Waals surface area contributed by atoms with Crippen LogP contribution >= 0.6 is 35.3 Å². The number of carbonyl (C=O) groups excluding carboxylic acids is 1. The average molecular weight is 511 g/mol. The van der Waals surface area contributed by atoms with Crippen LogP contribution in [0.5, 0.6) is 0 Å². The molecule has 9 heteroatoms. The highest BCUT2D eigenvalue weighted by Gasteiger charge is 2.12. The number of nitrogens with zero attached hydrogens (tertiary/aromatic N) is 2. The van der Waals surface area contributed by atoms with E-state index in [9.17, 15) is 9.90 Å². The van der Waals surface area contributed by atoms with Crippen molar-refractivity contribution < 1.29 is 9.90 Å². The van der Waals surface area contributed by atoms with Gasteiger partial charge >= 0.3 is 0 Å². The van der Waals surface area contributed by atoms with Crippen molar-refractivity contribution in [3.63, 3.8) is 0 Å². The Hall–Kier alpha value is -0.940. The Morgan fingerprint density at radius 3 is 2.56 bits per heavy atom. The summed E-state index contributed by atoms with van der Waals surface area (Å²) in [5, 5.41) is 18.6. The van der Waals surface area contributed by atoms with Crippen LogP contribution in [0.4, 0.5) is 0 Å². The van der Waals surface area contributed by atoms with Gasteiger partial charge in [0.05, 0.1) is 11.2 Å². The number of aryl methyl sites for hydroxylation is 1. The summed E-state index contributed by atoms with van der Waals surface area (Å²) in [6.45, 7) is 11.0. The fraction of sp³-hybridized carbons (Fsp3) is 0.722. The zero-order valence-electron chi connectivity index (χ0n) is 16.7. The Bertz CT molecular complexity index is 566. The van der Waals surface area contributed by atoms with Crippen molar-refractivity contribution >= 4 is 47.2 Å². The number of carbonyl (C=O) groups is 1. The number of halogens is 1. The summed E-state index contributed by atoms with van der Waals surface area (Å²) in [5.41, 5.74) is 2.44. The lowest BCUT2D eigenvalue weighted by molar-refractivity contribution is 0.0957.